The van der Waals surface area contributed by atoms with Crippen molar-refractivity contribution in [2.75, 3.05) is 6.61 Å². The average molecular weight is 882 g/mol. The number of hydrogen-bond donors (Lipinski definition) is 3. The summed E-state index contributed by atoms with van der Waals surface area (Å²) in [6.45, 7) is 6.36. The molecule has 6 heteroatoms. The van der Waals surface area contributed by atoms with Crippen molar-refractivity contribution in [2.24, 2.45) is 0 Å². The van der Waals surface area contributed by atoms with Gasteiger partial charge in [0.25, 0.3) is 0 Å². The maximum Gasteiger partial charge on any atom is 0.306 e. The highest BCUT2D eigenvalue weighted by Gasteiger charge is 2.24. The molecule has 0 radical (unpaired) electrons. The number of ether oxygens (including phenoxy) is 1. The van der Waals surface area contributed by atoms with Gasteiger partial charge in [0.15, 0.2) is 0 Å². The lowest BCUT2D eigenvalue weighted by atomic mass is 10.0. The maximum absolute atomic E-state index is 13.2. The number of rotatable bonds is 48. The van der Waals surface area contributed by atoms with Gasteiger partial charge in [0, 0.05) is 6.42 Å². The summed E-state index contributed by atoms with van der Waals surface area (Å²) in [4.78, 5) is 26.1. The summed E-state index contributed by atoms with van der Waals surface area (Å²) < 4.78 is 5.91. The predicted octanol–water partition coefficient (Wildman–Crippen LogP) is 16.4. The number of carbonyl (C=O) groups excluding carboxylic acids is 2. The molecule has 1 amide bonds. The molecule has 0 aliphatic heterocycles. The minimum Gasteiger partial charge on any atom is -0.462 e. The third-order valence-electron chi connectivity index (χ3n) is 12.1. The molecule has 6 nitrogen and oxygen atoms in total. The molecule has 366 valence electrons. The zero-order chi connectivity index (χ0) is 45.9. The molecule has 0 aromatic rings. The molecule has 0 spiro atoms. The molecule has 0 aromatic heterocycles. The Morgan fingerprint density at radius 3 is 1.27 bits per heavy atom. The van der Waals surface area contributed by atoms with Crippen LogP contribution in [-0.2, 0) is 14.3 Å². The van der Waals surface area contributed by atoms with Crippen molar-refractivity contribution in [1.82, 2.24) is 5.32 Å². The number of unbranched alkanes of at least 4 members (excludes halogenated alkanes) is 26. The first-order valence-electron chi connectivity index (χ1n) is 27.0. The van der Waals surface area contributed by atoms with Crippen LogP contribution in [0.5, 0.6) is 0 Å². The van der Waals surface area contributed by atoms with Crippen LogP contribution >= 0.6 is 0 Å². The molecule has 63 heavy (non-hydrogen) atoms. The second kappa shape index (κ2) is 50.6. The van der Waals surface area contributed by atoms with Crippen LogP contribution in [0.2, 0.25) is 0 Å². The number of nitrogens with one attached hydrogen (secondary N) is 1. The Balaban J connectivity index is 4.63. The topological polar surface area (TPSA) is 95.9 Å². The van der Waals surface area contributed by atoms with E-state index in [1.807, 2.05) is 0 Å². The molecule has 3 N–H and O–H groups in total. The largest absolute Gasteiger partial charge is 0.462 e. The Hall–Kier alpha value is -2.44. The van der Waals surface area contributed by atoms with Crippen molar-refractivity contribution in [3.63, 3.8) is 0 Å². The van der Waals surface area contributed by atoms with Gasteiger partial charge in [-0.3, -0.25) is 9.59 Å². The number of amides is 1. The normalized spacial score (nSPS) is 13.7. The van der Waals surface area contributed by atoms with Gasteiger partial charge in [-0.05, 0) is 64.2 Å². The van der Waals surface area contributed by atoms with Crippen molar-refractivity contribution in [3.05, 3.63) is 60.8 Å². The lowest BCUT2D eigenvalue weighted by molar-refractivity contribution is -0.151. The average Bonchev–Trinajstić information content (AvgIpc) is 3.28. The third-order valence-corrected chi connectivity index (χ3v) is 12.1. The molecule has 0 heterocycles. The van der Waals surface area contributed by atoms with E-state index in [4.69, 9.17) is 4.74 Å². The van der Waals surface area contributed by atoms with Crippen molar-refractivity contribution >= 4 is 11.9 Å². The lowest BCUT2D eigenvalue weighted by Gasteiger charge is -2.24. The Kier molecular flexibility index (Phi) is 48.6. The van der Waals surface area contributed by atoms with Gasteiger partial charge in [0.1, 0.15) is 6.10 Å². The highest BCUT2D eigenvalue weighted by molar-refractivity contribution is 5.77. The second-order valence-corrected chi connectivity index (χ2v) is 18.3. The fourth-order valence-corrected chi connectivity index (χ4v) is 8.05. The van der Waals surface area contributed by atoms with E-state index < -0.39 is 18.2 Å². The number of aliphatic hydroxyl groups is 2. The van der Waals surface area contributed by atoms with Crippen LogP contribution in [0, 0.1) is 0 Å². The second-order valence-electron chi connectivity index (χ2n) is 18.3. The van der Waals surface area contributed by atoms with Gasteiger partial charge < -0.3 is 20.3 Å². The zero-order valence-electron chi connectivity index (χ0n) is 41.7. The fraction of sp³-hybridized carbons (Fsp3) is 0.789. The van der Waals surface area contributed by atoms with Crippen LogP contribution < -0.4 is 5.32 Å². The standard InChI is InChI=1S/C57H103NO5/c1-4-7-10-13-16-19-22-24-26-28-29-31-34-36-39-42-45-48-53(63-57(62)50-47-44-41-38-33-21-18-15-12-9-6-3)51-56(61)58-54(52-59)55(60)49-46-43-40-37-35-32-30-27-25-23-20-17-14-11-8-5-2/h7,10,16,19,24,26,29,31,36,39,53-55,59-60H,4-6,8-9,11-15,17-18,20-23,25,27-28,30,32-35,37-38,40-52H2,1-3H3,(H,58,61)/b10-7-,19-16-,26-24-,31-29-,39-36-. The predicted molar refractivity (Wildman–Crippen MR) is 273 cm³/mol. The van der Waals surface area contributed by atoms with E-state index >= 15 is 0 Å². The SMILES string of the molecule is CC/C=C\C/C=C\C/C=C\C/C=C\C/C=C\CCCC(CC(=O)NC(CO)C(O)CCCCCCCCCCCCCCCCCC)OC(=O)CCCCCCCCCCCCC. The minimum atomic E-state index is -0.803. The molecule has 0 bridgehead atoms. The van der Waals surface area contributed by atoms with Gasteiger partial charge in [-0.2, -0.15) is 0 Å². The Morgan fingerprint density at radius 1 is 0.476 bits per heavy atom. The van der Waals surface area contributed by atoms with E-state index in [1.165, 1.54) is 135 Å². The molecule has 0 aliphatic carbocycles. The van der Waals surface area contributed by atoms with E-state index in [2.05, 4.69) is 86.8 Å². The molecule has 3 unspecified atom stereocenters. The smallest absolute Gasteiger partial charge is 0.306 e. The summed E-state index contributed by atoms with van der Waals surface area (Å²) in [5, 5.41) is 23.8. The first kappa shape index (κ1) is 60.6. The van der Waals surface area contributed by atoms with Crippen LogP contribution in [-0.4, -0.2) is 46.9 Å². The van der Waals surface area contributed by atoms with Crippen molar-refractivity contribution in [1.29, 1.82) is 0 Å². The molecule has 0 rings (SSSR count). The Morgan fingerprint density at radius 2 is 0.857 bits per heavy atom. The summed E-state index contributed by atoms with van der Waals surface area (Å²) in [7, 11) is 0. The van der Waals surface area contributed by atoms with Gasteiger partial charge in [-0.25, -0.2) is 0 Å². The fourth-order valence-electron chi connectivity index (χ4n) is 8.05. The van der Waals surface area contributed by atoms with Crippen LogP contribution in [0.1, 0.15) is 265 Å². The van der Waals surface area contributed by atoms with E-state index in [-0.39, 0.29) is 24.9 Å². The Bertz CT molecular complexity index is 1130. The summed E-state index contributed by atoms with van der Waals surface area (Å²) in [5.41, 5.74) is 0. The Labute approximate surface area is 390 Å². The first-order chi connectivity index (χ1) is 31.0. The monoisotopic (exact) mass is 882 g/mol. The molecular weight excluding hydrogens is 779 g/mol. The van der Waals surface area contributed by atoms with Crippen molar-refractivity contribution in [3.8, 4) is 0 Å². The quantitative estimate of drug-likeness (QED) is 0.0321. The summed E-state index contributed by atoms with van der Waals surface area (Å²) in [5.74, 6) is -0.525. The van der Waals surface area contributed by atoms with Gasteiger partial charge in [-0.15, -0.1) is 0 Å². The van der Waals surface area contributed by atoms with Gasteiger partial charge in [0.05, 0.1) is 25.2 Å². The molecule has 0 aromatic carbocycles. The third kappa shape index (κ3) is 45.9. The van der Waals surface area contributed by atoms with Gasteiger partial charge in [-0.1, -0.05) is 248 Å². The number of hydrogen-bond acceptors (Lipinski definition) is 5. The molecule has 0 saturated heterocycles. The van der Waals surface area contributed by atoms with Crippen LogP contribution in [0.4, 0.5) is 0 Å². The van der Waals surface area contributed by atoms with Crippen LogP contribution in [0.3, 0.4) is 0 Å². The van der Waals surface area contributed by atoms with Gasteiger partial charge >= 0.3 is 5.97 Å². The van der Waals surface area contributed by atoms with E-state index in [0.29, 0.717) is 19.3 Å². The number of carbonyl (C=O) groups is 2. The highest BCUT2D eigenvalue weighted by atomic mass is 16.5. The van der Waals surface area contributed by atoms with Crippen molar-refractivity contribution < 1.29 is 24.5 Å². The number of esters is 1. The summed E-state index contributed by atoms with van der Waals surface area (Å²) >= 11 is 0. The summed E-state index contributed by atoms with van der Waals surface area (Å²) in [6.07, 6.45) is 62.9. The lowest BCUT2D eigenvalue weighted by Crippen LogP contribution is -2.46. The maximum atomic E-state index is 13.2. The van der Waals surface area contributed by atoms with Gasteiger partial charge in [0.2, 0.25) is 5.91 Å². The highest BCUT2D eigenvalue weighted by Crippen LogP contribution is 2.17. The van der Waals surface area contributed by atoms with Crippen molar-refractivity contribution in [2.45, 2.75) is 283 Å². The van der Waals surface area contributed by atoms with Crippen LogP contribution in [0.15, 0.2) is 60.8 Å². The van der Waals surface area contributed by atoms with E-state index in [9.17, 15) is 19.8 Å². The zero-order valence-corrected chi connectivity index (χ0v) is 41.7. The molecule has 0 fully saturated rings. The molecule has 0 saturated carbocycles. The molecule has 3 atom stereocenters. The summed E-state index contributed by atoms with van der Waals surface area (Å²) in [6, 6.07) is -0.720. The molecular formula is C57H103NO5. The number of allylic oxidation sites excluding steroid dienone is 10. The van der Waals surface area contributed by atoms with E-state index in [1.54, 1.807) is 0 Å². The first-order valence-corrected chi connectivity index (χ1v) is 27.0. The molecule has 0 aliphatic rings. The minimum absolute atomic E-state index is 0.0396. The number of aliphatic hydroxyl groups excluding tert-OH is 2. The van der Waals surface area contributed by atoms with Crippen LogP contribution in [0.25, 0.3) is 0 Å². The van der Waals surface area contributed by atoms with E-state index in [0.717, 1.165) is 83.5 Å².